The minimum atomic E-state index is -1.88. The van der Waals surface area contributed by atoms with Crippen molar-refractivity contribution in [2.75, 3.05) is 0 Å². The van der Waals surface area contributed by atoms with Gasteiger partial charge in [0.2, 0.25) is 12.2 Å². The SMILES string of the molecule is CC[C@H](C)[C@@H]1OC(=O)C(C)(C)C(=O)[C@H](Cc2ccccc2)OC(=O)[C@H](C(C)C)OC(=O)[C@@H](NC(=O)c2cccc(O)c2)[C@@H](C)OC1=O. The number of ketones is 1. The van der Waals surface area contributed by atoms with E-state index in [2.05, 4.69) is 5.32 Å². The molecule has 47 heavy (non-hydrogen) atoms. The van der Waals surface area contributed by atoms with Crippen LogP contribution >= 0.6 is 0 Å². The largest absolute Gasteiger partial charge is 0.508 e. The maximum atomic E-state index is 14.0. The van der Waals surface area contributed by atoms with Gasteiger partial charge in [0, 0.05) is 23.8 Å². The Morgan fingerprint density at radius 3 is 2.09 bits per heavy atom. The molecule has 2 aromatic carbocycles. The zero-order valence-electron chi connectivity index (χ0n) is 27.7. The zero-order valence-corrected chi connectivity index (χ0v) is 27.7. The van der Waals surface area contributed by atoms with Crippen molar-refractivity contribution in [3.8, 4) is 5.75 Å². The second-order valence-corrected chi connectivity index (χ2v) is 12.6. The van der Waals surface area contributed by atoms with Crippen LogP contribution in [-0.2, 0) is 49.3 Å². The highest BCUT2D eigenvalue weighted by atomic mass is 16.6. The molecule has 0 saturated carbocycles. The number of carbonyl (C=O) groups is 6. The standard InChI is InChI=1S/C35H43NO11/c1-8-20(4)28-33(42)44-21(5)26(36-30(39)23-15-12-16-24(37)18-23)31(40)46-27(19(2)3)32(41)45-25(17-22-13-10-9-11-14-22)29(38)35(6,7)34(43)47-28/h9-16,18-21,25-28,37H,8,17H2,1-7H3,(H,36,39)/t20-,21+,25-,26-,27-,28-/m0/s1. The van der Waals surface area contributed by atoms with E-state index >= 15 is 0 Å². The van der Waals surface area contributed by atoms with Crippen LogP contribution in [0.25, 0.3) is 0 Å². The van der Waals surface area contributed by atoms with Gasteiger partial charge in [0.25, 0.3) is 5.91 Å². The maximum Gasteiger partial charge on any atom is 0.348 e. The van der Waals surface area contributed by atoms with Crippen molar-refractivity contribution in [3.05, 3.63) is 65.7 Å². The van der Waals surface area contributed by atoms with Crippen molar-refractivity contribution < 1.29 is 52.8 Å². The topological polar surface area (TPSA) is 172 Å². The van der Waals surface area contributed by atoms with Gasteiger partial charge in [-0.15, -0.1) is 0 Å². The molecule has 0 aliphatic carbocycles. The van der Waals surface area contributed by atoms with Crippen molar-refractivity contribution in [2.24, 2.45) is 17.3 Å². The van der Waals surface area contributed by atoms with Crippen molar-refractivity contribution in [3.63, 3.8) is 0 Å². The summed E-state index contributed by atoms with van der Waals surface area (Å²) in [5, 5.41) is 12.3. The Hall–Kier alpha value is -4.74. The number of Topliss-reactive ketones (excluding diaryl/α,β-unsaturated/α-hetero) is 1. The molecular weight excluding hydrogens is 610 g/mol. The Morgan fingerprint density at radius 2 is 1.49 bits per heavy atom. The highest BCUT2D eigenvalue weighted by Crippen LogP contribution is 2.28. The lowest BCUT2D eigenvalue weighted by Crippen LogP contribution is -2.52. The van der Waals surface area contributed by atoms with Gasteiger partial charge in [-0.1, -0.05) is 64.1 Å². The van der Waals surface area contributed by atoms with Crippen LogP contribution in [0.5, 0.6) is 5.75 Å². The third-order valence-corrected chi connectivity index (χ3v) is 8.07. The fourth-order valence-electron chi connectivity index (χ4n) is 4.81. The second kappa shape index (κ2) is 15.7. The Morgan fingerprint density at radius 1 is 0.851 bits per heavy atom. The zero-order chi connectivity index (χ0) is 35.1. The number of hydrogen-bond donors (Lipinski definition) is 2. The lowest BCUT2D eigenvalue weighted by molar-refractivity contribution is -0.183. The third-order valence-electron chi connectivity index (χ3n) is 8.07. The van der Waals surface area contributed by atoms with E-state index < -0.39 is 83.3 Å². The average Bonchev–Trinajstić information content (AvgIpc) is 3.03. The lowest BCUT2D eigenvalue weighted by Gasteiger charge is -2.30. The molecule has 12 nitrogen and oxygen atoms in total. The number of rotatable bonds is 7. The number of aromatic hydroxyl groups is 1. The van der Waals surface area contributed by atoms with Crippen LogP contribution in [0.3, 0.4) is 0 Å². The number of hydrogen-bond acceptors (Lipinski definition) is 11. The van der Waals surface area contributed by atoms with Crippen molar-refractivity contribution >= 4 is 35.6 Å². The molecule has 0 aromatic heterocycles. The third kappa shape index (κ3) is 9.17. The predicted octanol–water partition coefficient (Wildman–Crippen LogP) is 3.71. The first-order chi connectivity index (χ1) is 22.1. The molecule has 1 aliphatic rings. The summed E-state index contributed by atoms with van der Waals surface area (Å²) in [5.74, 6) is -7.28. The second-order valence-electron chi connectivity index (χ2n) is 12.6. The van der Waals surface area contributed by atoms with Crippen molar-refractivity contribution in [1.29, 1.82) is 0 Å². The van der Waals surface area contributed by atoms with E-state index in [1.165, 1.54) is 45.0 Å². The van der Waals surface area contributed by atoms with Crippen LogP contribution in [0.4, 0.5) is 0 Å². The van der Waals surface area contributed by atoms with Gasteiger partial charge in [0.05, 0.1) is 0 Å². The van der Waals surface area contributed by atoms with Gasteiger partial charge in [0.1, 0.15) is 17.3 Å². The predicted molar refractivity (Wildman–Crippen MR) is 168 cm³/mol. The van der Waals surface area contributed by atoms with Gasteiger partial charge < -0.3 is 29.4 Å². The quantitative estimate of drug-likeness (QED) is 0.254. The van der Waals surface area contributed by atoms with Gasteiger partial charge in [-0.05, 0) is 51.0 Å². The van der Waals surface area contributed by atoms with Gasteiger partial charge in [-0.3, -0.25) is 14.4 Å². The minimum absolute atomic E-state index is 0.0112. The smallest absolute Gasteiger partial charge is 0.348 e. The Balaban J connectivity index is 2.11. The molecule has 2 aromatic rings. The van der Waals surface area contributed by atoms with Crippen LogP contribution < -0.4 is 5.32 Å². The summed E-state index contributed by atoms with van der Waals surface area (Å²) in [6.45, 7) is 10.5. The molecule has 3 rings (SSSR count). The molecule has 1 aliphatic heterocycles. The summed E-state index contributed by atoms with van der Waals surface area (Å²) >= 11 is 0. The summed E-state index contributed by atoms with van der Waals surface area (Å²) in [5.41, 5.74) is -1.26. The van der Waals surface area contributed by atoms with Gasteiger partial charge in [-0.2, -0.15) is 0 Å². The molecule has 1 saturated heterocycles. The average molecular weight is 654 g/mol. The molecule has 6 atom stereocenters. The van der Waals surface area contributed by atoms with Crippen LogP contribution in [0.1, 0.15) is 70.8 Å². The molecular formula is C35H43NO11. The number of amides is 1. The van der Waals surface area contributed by atoms with Crippen LogP contribution in [0.2, 0.25) is 0 Å². The van der Waals surface area contributed by atoms with Crippen LogP contribution in [0.15, 0.2) is 54.6 Å². The number of esters is 4. The highest BCUT2D eigenvalue weighted by Gasteiger charge is 2.47. The van der Waals surface area contributed by atoms with Crippen LogP contribution in [0, 0.1) is 17.3 Å². The Labute approximate surface area is 274 Å². The molecule has 1 fully saturated rings. The molecule has 0 unspecified atom stereocenters. The van der Waals surface area contributed by atoms with Gasteiger partial charge in [0.15, 0.2) is 17.9 Å². The van der Waals surface area contributed by atoms with Crippen molar-refractivity contribution in [1.82, 2.24) is 5.32 Å². The number of ether oxygens (including phenoxy) is 4. The first kappa shape index (κ1) is 36.7. The minimum Gasteiger partial charge on any atom is -0.508 e. The summed E-state index contributed by atoms with van der Waals surface area (Å²) < 4.78 is 22.5. The Kier molecular flexibility index (Phi) is 12.3. The van der Waals surface area contributed by atoms with E-state index in [0.717, 1.165) is 0 Å². The normalized spacial score (nSPS) is 24.9. The summed E-state index contributed by atoms with van der Waals surface area (Å²) in [4.78, 5) is 81.5. The van der Waals surface area contributed by atoms with E-state index in [9.17, 15) is 33.9 Å². The molecule has 1 amide bonds. The molecule has 2 N–H and O–H groups in total. The molecule has 0 bridgehead atoms. The number of phenolic OH excluding ortho intramolecular Hbond substituents is 1. The molecule has 0 spiro atoms. The van der Waals surface area contributed by atoms with E-state index in [4.69, 9.17) is 18.9 Å². The fraction of sp³-hybridized carbons (Fsp3) is 0.486. The number of phenols is 1. The molecule has 12 heteroatoms. The summed E-state index contributed by atoms with van der Waals surface area (Å²) in [6, 6.07) is 12.4. The number of nitrogens with one attached hydrogen (secondary N) is 1. The highest BCUT2D eigenvalue weighted by molar-refractivity contribution is 6.06. The van der Waals surface area contributed by atoms with Crippen LogP contribution in [-0.4, -0.2) is 71.1 Å². The molecule has 0 radical (unpaired) electrons. The first-order valence-corrected chi connectivity index (χ1v) is 15.6. The fourth-order valence-corrected chi connectivity index (χ4v) is 4.81. The number of cyclic esters (lactones) is 4. The molecule has 254 valence electrons. The molecule has 1 heterocycles. The first-order valence-electron chi connectivity index (χ1n) is 15.6. The van der Waals surface area contributed by atoms with Crippen molar-refractivity contribution in [2.45, 2.75) is 91.8 Å². The van der Waals surface area contributed by atoms with E-state index in [1.807, 2.05) is 0 Å². The lowest BCUT2D eigenvalue weighted by atomic mass is 9.83. The number of carbonyl (C=O) groups excluding carboxylic acids is 6. The monoisotopic (exact) mass is 653 g/mol. The summed E-state index contributed by atoms with van der Waals surface area (Å²) in [7, 11) is 0. The van der Waals surface area contributed by atoms with Gasteiger partial charge >= 0.3 is 23.9 Å². The van der Waals surface area contributed by atoms with Gasteiger partial charge in [-0.25, -0.2) is 14.4 Å². The maximum absolute atomic E-state index is 14.0. The Bertz CT molecular complexity index is 1470. The number of benzene rings is 2. The van der Waals surface area contributed by atoms with E-state index in [1.54, 1.807) is 58.0 Å². The van der Waals surface area contributed by atoms with E-state index in [0.29, 0.717) is 12.0 Å². The summed E-state index contributed by atoms with van der Waals surface area (Å²) in [6.07, 6.45) is -5.64. The van der Waals surface area contributed by atoms with E-state index in [-0.39, 0.29) is 17.7 Å².